The first-order chi connectivity index (χ1) is 34.5. The highest BCUT2D eigenvalue weighted by Gasteiger charge is 2.30. The number of rotatable bonds is 8. The van der Waals surface area contributed by atoms with Crippen molar-refractivity contribution in [2.45, 2.75) is 106 Å². The maximum atomic E-state index is 7.23. The fourth-order valence-corrected chi connectivity index (χ4v) is 11.6. The van der Waals surface area contributed by atoms with Gasteiger partial charge in [0.2, 0.25) is 0 Å². The molecule has 0 bridgehead atoms. The van der Waals surface area contributed by atoms with Crippen molar-refractivity contribution in [3.05, 3.63) is 191 Å². The first-order valence-corrected chi connectivity index (χ1v) is 25.9. The van der Waals surface area contributed by atoms with Crippen molar-refractivity contribution in [2.75, 3.05) is 9.80 Å². The molecule has 0 saturated carbocycles. The SMILES string of the molecule is Cc1ccc2c(oc3c(C(C)(C)C)cccc32)c1N(c1cccc(C(C)C)c1)c1ccc2ccc3c(N(c4cccc(C(C)C)c4)c4c(C)ccc5c4oc4c(C(C)(C)C)cccc45)ccc4ccc1c2c43. The highest BCUT2D eigenvalue weighted by atomic mass is 16.3. The van der Waals surface area contributed by atoms with Crippen molar-refractivity contribution in [3.8, 4) is 0 Å². The van der Waals surface area contributed by atoms with Crippen LogP contribution in [0.2, 0.25) is 0 Å². The van der Waals surface area contributed by atoms with E-state index in [2.05, 4.69) is 251 Å². The zero-order valence-electron chi connectivity index (χ0n) is 43.9. The molecule has 0 spiro atoms. The highest BCUT2D eigenvalue weighted by Crippen LogP contribution is 2.52. The number of aryl methyl sites for hydroxylation is 2. The van der Waals surface area contributed by atoms with Crippen molar-refractivity contribution in [1.82, 2.24) is 0 Å². The molecule has 2 aromatic heterocycles. The first kappa shape index (κ1) is 45.6. The van der Waals surface area contributed by atoms with Crippen molar-refractivity contribution in [2.24, 2.45) is 0 Å². The lowest BCUT2D eigenvalue weighted by atomic mass is 9.86. The molecule has 12 rings (SSSR count). The van der Waals surface area contributed by atoms with Gasteiger partial charge in [0.25, 0.3) is 0 Å². The first-order valence-electron chi connectivity index (χ1n) is 25.9. The third-order valence-electron chi connectivity index (χ3n) is 15.4. The van der Waals surface area contributed by atoms with Gasteiger partial charge in [-0.1, -0.05) is 191 Å². The molecule has 0 aliphatic heterocycles. The fourth-order valence-electron chi connectivity index (χ4n) is 11.6. The molecule has 358 valence electrons. The Morgan fingerprint density at radius 3 is 1.12 bits per heavy atom. The normalized spacial score (nSPS) is 12.7. The summed E-state index contributed by atoms with van der Waals surface area (Å²) in [6.45, 7) is 27.2. The molecule has 2 heterocycles. The summed E-state index contributed by atoms with van der Waals surface area (Å²) in [6, 6.07) is 59.1. The van der Waals surface area contributed by atoms with Crippen LogP contribution in [0.25, 0.3) is 76.2 Å². The Bertz CT molecular complexity index is 3840. The van der Waals surface area contributed by atoms with Crippen LogP contribution in [0, 0.1) is 13.8 Å². The zero-order chi connectivity index (χ0) is 50.1. The van der Waals surface area contributed by atoms with Crippen LogP contribution in [0.1, 0.15) is 114 Å². The molecule has 0 fully saturated rings. The third kappa shape index (κ3) is 7.08. The Morgan fingerprint density at radius 2 is 0.736 bits per heavy atom. The summed E-state index contributed by atoms with van der Waals surface area (Å²) in [4.78, 5) is 4.97. The summed E-state index contributed by atoms with van der Waals surface area (Å²) in [5.41, 5.74) is 17.3. The average molecular weight is 941 g/mol. The molecule has 10 aromatic carbocycles. The Labute approximate surface area is 423 Å². The molecule has 0 atom stereocenters. The van der Waals surface area contributed by atoms with E-state index >= 15 is 0 Å². The lowest BCUT2D eigenvalue weighted by molar-refractivity contribution is 0.572. The lowest BCUT2D eigenvalue weighted by Gasteiger charge is -2.31. The van der Waals surface area contributed by atoms with E-state index in [0.717, 1.165) is 89.1 Å². The lowest BCUT2D eigenvalue weighted by Crippen LogP contribution is -2.13. The number of benzene rings is 10. The minimum Gasteiger partial charge on any atom is -0.454 e. The quantitative estimate of drug-likeness (QED) is 0.142. The molecule has 4 heteroatoms. The van der Waals surface area contributed by atoms with E-state index in [9.17, 15) is 0 Å². The number of hydrogen-bond acceptors (Lipinski definition) is 4. The molecule has 0 amide bonds. The zero-order valence-corrected chi connectivity index (χ0v) is 43.9. The van der Waals surface area contributed by atoms with Crippen molar-refractivity contribution in [1.29, 1.82) is 0 Å². The topological polar surface area (TPSA) is 32.8 Å². The van der Waals surface area contributed by atoms with Gasteiger partial charge in [0.1, 0.15) is 11.2 Å². The van der Waals surface area contributed by atoms with Crippen molar-refractivity contribution >= 4 is 110 Å². The Kier molecular flexibility index (Phi) is 10.4. The van der Waals surface area contributed by atoms with Gasteiger partial charge in [-0.3, -0.25) is 0 Å². The minimum atomic E-state index is -0.0985. The molecule has 0 unspecified atom stereocenters. The van der Waals surface area contributed by atoms with Gasteiger partial charge in [0.05, 0.1) is 22.7 Å². The van der Waals surface area contributed by atoms with Gasteiger partial charge in [-0.05, 0) is 117 Å². The number of fused-ring (bicyclic) bond motifs is 6. The summed E-state index contributed by atoms with van der Waals surface area (Å²) in [5, 5.41) is 11.8. The summed E-state index contributed by atoms with van der Waals surface area (Å²) in [5.74, 6) is 0.700. The molecular weight excluding hydrogens is 877 g/mol. The van der Waals surface area contributed by atoms with E-state index in [0.29, 0.717) is 11.8 Å². The van der Waals surface area contributed by atoms with Crippen molar-refractivity contribution in [3.63, 3.8) is 0 Å². The maximum Gasteiger partial charge on any atom is 0.159 e. The van der Waals surface area contributed by atoms with E-state index in [-0.39, 0.29) is 10.8 Å². The van der Waals surface area contributed by atoms with E-state index in [4.69, 9.17) is 8.83 Å². The Balaban J connectivity index is 1.16. The average Bonchev–Trinajstić information content (AvgIpc) is 3.93. The van der Waals surface area contributed by atoms with Gasteiger partial charge in [0, 0.05) is 54.8 Å². The number of para-hydroxylation sites is 2. The third-order valence-corrected chi connectivity index (χ3v) is 15.4. The van der Waals surface area contributed by atoms with Crippen LogP contribution in [0.5, 0.6) is 0 Å². The number of anilines is 6. The van der Waals surface area contributed by atoms with Crippen LogP contribution in [-0.4, -0.2) is 0 Å². The summed E-state index contributed by atoms with van der Waals surface area (Å²) >= 11 is 0. The standard InChI is InChI=1S/C68H64N2O2/c1-39(2)45-17-13-19-47(37-45)69(61-41(5)25-31-51-49-21-15-23-55(67(7,8)9)63(49)71-65(51)61)57-35-29-43-28-34-54-58(36-30-44-27-33-53(57)59(43)60(44)54)70(48-20-14-18-46(38-48)40(3)4)62-42(6)26-32-52-50-22-16-24-56(68(10,11)12)64(50)72-66(52)62/h13-40H,1-12H3. The number of nitrogens with zero attached hydrogens (tertiary/aromatic N) is 2. The molecule has 72 heavy (non-hydrogen) atoms. The Hall–Kier alpha value is -7.56. The molecule has 0 N–H and O–H groups in total. The maximum absolute atomic E-state index is 7.23. The summed E-state index contributed by atoms with van der Waals surface area (Å²) in [6.07, 6.45) is 0. The smallest absolute Gasteiger partial charge is 0.159 e. The number of furan rings is 2. The molecule has 0 aliphatic carbocycles. The second-order valence-corrected chi connectivity index (χ2v) is 23.0. The van der Waals surface area contributed by atoms with Crippen LogP contribution in [0.4, 0.5) is 34.1 Å². The van der Waals surface area contributed by atoms with E-state index in [1.54, 1.807) is 0 Å². The van der Waals surface area contributed by atoms with E-state index in [1.807, 2.05) is 0 Å². The molecule has 0 radical (unpaired) electrons. The monoisotopic (exact) mass is 940 g/mol. The predicted molar refractivity (Wildman–Crippen MR) is 309 cm³/mol. The predicted octanol–water partition coefficient (Wildman–Crippen LogP) is 20.8. The van der Waals surface area contributed by atoms with Crippen molar-refractivity contribution < 1.29 is 8.83 Å². The summed E-state index contributed by atoms with van der Waals surface area (Å²) in [7, 11) is 0. The van der Waals surface area contributed by atoms with Gasteiger partial charge in [-0.15, -0.1) is 0 Å². The van der Waals surface area contributed by atoms with Crippen LogP contribution in [0.15, 0.2) is 167 Å². The van der Waals surface area contributed by atoms with Gasteiger partial charge in [-0.25, -0.2) is 0 Å². The largest absolute Gasteiger partial charge is 0.454 e. The second kappa shape index (κ2) is 16.5. The van der Waals surface area contributed by atoms with Gasteiger partial charge in [0.15, 0.2) is 11.2 Å². The molecule has 0 aliphatic rings. The van der Waals surface area contributed by atoms with E-state index < -0.39 is 0 Å². The minimum absolute atomic E-state index is 0.0985. The fraction of sp³-hybridized carbons (Fsp3) is 0.235. The summed E-state index contributed by atoms with van der Waals surface area (Å²) < 4.78 is 14.5. The van der Waals surface area contributed by atoms with Crippen LogP contribution in [0.3, 0.4) is 0 Å². The van der Waals surface area contributed by atoms with Crippen LogP contribution < -0.4 is 9.80 Å². The molecule has 0 saturated heterocycles. The molecule has 12 aromatic rings. The Morgan fingerprint density at radius 1 is 0.375 bits per heavy atom. The van der Waals surface area contributed by atoms with Gasteiger partial charge < -0.3 is 18.6 Å². The number of hydrogen-bond donors (Lipinski definition) is 0. The second-order valence-electron chi connectivity index (χ2n) is 23.0. The van der Waals surface area contributed by atoms with Crippen LogP contribution >= 0.6 is 0 Å². The van der Waals surface area contributed by atoms with Gasteiger partial charge in [-0.2, -0.15) is 0 Å². The molecule has 4 nitrogen and oxygen atoms in total. The van der Waals surface area contributed by atoms with Crippen LogP contribution in [-0.2, 0) is 10.8 Å². The molecular formula is C68H64N2O2. The van der Waals surface area contributed by atoms with Gasteiger partial charge >= 0.3 is 0 Å². The van der Waals surface area contributed by atoms with E-state index in [1.165, 1.54) is 54.6 Å². The highest BCUT2D eigenvalue weighted by molar-refractivity contribution is 6.29.